The number of anilines is 1. The predicted molar refractivity (Wildman–Crippen MR) is 56.3 cm³/mol. The first-order chi connectivity index (χ1) is 7.50. The molecule has 0 spiro atoms. The number of carboxylic acid groups (broad SMARTS) is 1. The molecule has 0 aliphatic rings. The van der Waals surface area contributed by atoms with Gasteiger partial charge in [-0.05, 0) is 25.5 Å². The Kier molecular flexibility index (Phi) is 4.22. The van der Waals surface area contributed by atoms with E-state index in [1.54, 1.807) is 6.92 Å². The van der Waals surface area contributed by atoms with Crippen molar-refractivity contribution in [3.8, 4) is 0 Å². The Morgan fingerprint density at radius 1 is 1.50 bits per heavy atom. The van der Waals surface area contributed by atoms with Crippen molar-refractivity contribution in [2.45, 2.75) is 25.8 Å². The molecule has 2 N–H and O–H groups in total. The quantitative estimate of drug-likeness (QED) is 0.816. The lowest BCUT2D eigenvalue weighted by molar-refractivity contribution is -0.137. The van der Waals surface area contributed by atoms with Crippen LogP contribution in [0.1, 0.15) is 19.8 Å². The third kappa shape index (κ3) is 3.49. The monoisotopic (exact) mass is 229 g/mol. The van der Waals surface area contributed by atoms with Crippen LogP contribution in [0.2, 0.25) is 0 Å². The molecule has 1 rings (SSSR count). The summed E-state index contributed by atoms with van der Waals surface area (Å²) in [5.74, 6) is -2.77. The second-order valence-corrected chi connectivity index (χ2v) is 3.58. The van der Waals surface area contributed by atoms with Crippen LogP contribution in [-0.4, -0.2) is 17.1 Å². The highest BCUT2D eigenvalue weighted by molar-refractivity contribution is 5.66. The Morgan fingerprint density at radius 2 is 2.19 bits per heavy atom. The molecule has 0 amide bonds. The molecule has 0 fully saturated rings. The van der Waals surface area contributed by atoms with Gasteiger partial charge in [0.1, 0.15) is 0 Å². The summed E-state index contributed by atoms with van der Waals surface area (Å²) in [5.41, 5.74) is 0.0536. The standard InChI is InChI=1S/C11H13F2NO2/c1-7(5-6-10(15)16)14-9-4-2-3-8(12)11(9)13/h2-4,7,14H,5-6H2,1H3,(H,15,16). The number of benzene rings is 1. The van der Waals surface area contributed by atoms with Gasteiger partial charge in [-0.2, -0.15) is 0 Å². The molecule has 0 aliphatic heterocycles. The van der Waals surface area contributed by atoms with Gasteiger partial charge in [-0.3, -0.25) is 4.79 Å². The van der Waals surface area contributed by atoms with Gasteiger partial charge >= 0.3 is 5.97 Å². The average Bonchev–Trinajstić information content (AvgIpc) is 2.22. The van der Waals surface area contributed by atoms with Crippen molar-refractivity contribution in [3.05, 3.63) is 29.8 Å². The van der Waals surface area contributed by atoms with Crippen molar-refractivity contribution >= 4 is 11.7 Å². The number of rotatable bonds is 5. The van der Waals surface area contributed by atoms with Crippen LogP contribution in [0.4, 0.5) is 14.5 Å². The molecule has 0 saturated carbocycles. The van der Waals surface area contributed by atoms with Crippen LogP contribution in [0.25, 0.3) is 0 Å². The van der Waals surface area contributed by atoms with E-state index in [1.165, 1.54) is 12.1 Å². The maximum absolute atomic E-state index is 13.2. The molecule has 5 heteroatoms. The van der Waals surface area contributed by atoms with E-state index in [-0.39, 0.29) is 18.2 Å². The largest absolute Gasteiger partial charge is 0.481 e. The summed E-state index contributed by atoms with van der Waals surface area (Å²) in [6.07, 6.45) is 0.344. The maximum atomic E-state index is 13.2. The predicted octanol–water partition coefficient (Wildman–Crippen LogP) is 2.63. The summed E-state index contributed by atoms with van der Waals surface area (Å²) in [6.45, 7) is 1.72. The van der Waals surface area contributed by atoms with Gasteiger partial charge in [0.2, 0.25) is 0 Å². The summed E-state index contributed by atoms with van der Waals surface area (Å²) in [5, 5.41) is 11.2. The first-order valence-corrected chi connectivity index (χ1v) is 4.93. The number of carbonyl (C=O) groups is 1. The van der Waals surface area contributed by atoms with Crippen molar-refractivity contribution in [1.82, 2.24) is 0 Å². The van der Waals surface area contributed by atoms with E-state index in [1.807, 2.05) is 0 Å². The molecular weight excluding hydrogens is 216 g/mol. The second-order valence-electron chi connectivity index (χ2n) is 3.58. The van der Waals surface area contributed by atoms with E-state index >= 15 is 0 Å². The molecule has 1 aromatic rings. The molecule has 0 saturated heterocycles. The van der Waals surface area contributed by atoms with Gasteiger partial charge < -0.3 is 10.4 Å². The minimum Gasteiger partial charge on any atom is -0.481 e. The third-order valence-corrected chi connectivity index (χ3v) is 2.14. The number of nitrogens with one attached hydrogen (secondary N) is 1. The fraction of sp³-hybridized carbons (Fsp3) is 0.364. The smallest absolute Gasteiger partial charge is 0.303 e. The van der Waals surface area contributed by atoms with E-state index in [2.05, 4.69) is 5.32 Å². The third-order valence-electron chi connectivity index (χ3n) is 2.14. The zero-order chi connectivity index (χ0) is 12.1. The fourth-order valence-electron chi connectivity index (χ4n) is 1.29. The van der Waals surface area contributed by atoms with Gasteiger partial charge in [0.05, 0.1) is 5.69 Å². The minimum atomic E-state index is -0.940. The molecule has 0 bridgehead atoms. The lowest BCUT2D eigenvalue weighted by atomic mass is 10.1. The van der Waals surface area contributed by atoms with Crippen LogP contribution in [0.5, 0.6) is 0 Å². The first-order valence-electron chi connectivity index (χ1n) is 4.93. The van der Waals surface area contributed by atoms with Crippen molar-refractivity contribution < 1.29 is 18.7 Å². The van der Waals surface area contributed by atoms with E-state index in [9.17, 15) is 13.6 Å². The van der Waals surface area contributed by atoms with Gasteiger partial charge in [-0.25, -0.2) is 8.78 Å². The van der Waals surface area contributed by atoms with E-state index in [4.69, 9.17) is 5.11 Å². The molecule has 0 heterocycles. The molecular formula is C11H13F2NO2. The van der Waals surface area contributed by atoms with Gasteiger partial charge in [-0.15, -0.1) is 0 Å². The van der Waals surface area contributed by atoms with E-state index < -0.39 is 17.6 Å². The molecule has 0 aliphatic carbocycles. The molecule has 1 unspecified atom stereocenters. The zero-order valence-electron chi connectivity index (χ0n) is 8.84. The highest BCUT2D eigenvalue weighted by Crippen LogP contribution is 2.18. The summed E-state index contributed by atoms with van der Waals surface area (Å²) >= 11 is 0. The van der Waals surface area contributed by atoms with Crippen LogP contribution in [-0.2, 0) is 4.79 Å². The van der Waals surface area contributed by atoms with Crippen molar-refractivity contribution in [2.24, 2.45) is 0 Å². The lowest BCUT2D eigenvalue weighted by Gasteiger charge is -2.14. The van der Waals surface area contributed by atoms with Crippen molar-refractivity contribution in [1.29, 1.82) is 0 Å². The number of carboxylic acids is 1. The van der Waals surface area contributed by atoms with Crippen molar-refractivity contribution in [3.63, 3.8) is 0 Å². The maximum Gasteiger partial charge on any atom is 0.303 e. The Bertz CT molecular complexity index is 382. The SMILES string of the molecule is CC(CCC(=O)O)Nc1cccc(F)c1F. The summed E-state index contributed by atoms with van der Waals surface area (Å²) in [6, 6.07) is 3.61. The minimum absolute atomic E-state index is 0.00883. The molecule has 88 valence electrons. The summed E-state index contributed by atoms with van der Waals surface area (Å²) < 4.78 is 26.0. The molecule has 1 atom stereocenters. The molecule has 16 heavy (non-hydrogen) atoms. The van der Waals surface area contributed by atoms with Gasteiger partial charge in [0.25, 0.3) is 0 Å². The van der Waals surface area contributed by atoms with Crippen LogP contribution in [0.3, 0.4) is 0 Å². The Morgan fingerprint density at radius 3 is 2.81 bits per heavy atom. The van der Waals surface area contributed by atoms with Crippen LogP contribution in [0.15, 0.2) is 18.2 Å². The molecule has 0 aromatic heterocycles. The van der Waals surface area contributed by atoms with E-state index in [0.29, 0.717) is 6.42 Å². The molecule has 0 radical (unpaired) electrons. The van der Waals surface area contributed by atoms with Crippen LogP contribution in [0, 0.1) is 11.6 Å². The van der Waals surface area contributed by atoms with Gasteiger partial charge in [0, 0.05) is 12.5 Å². The zero-order valence-corrected chi connectivity index (χ0v) is 8.84. The lowest BCUT2D eigenvalue weighted by Crippen LogP contribution is -2.17. The Balaban J connectivity index is 2.59. The molecule has 3 nitrogen and oxygen atoms in total. The van der Waals surface area contributed by atoms with Crippen LogP contribution < -0.4 is 5.32 Å². The molecule has 1 aromatic carbocycles. The number of hydrogen-bond acceptors (Lipinski definition) is 2. The number of halogens is 2. The normalized spacial score (nSPS) is 12.2. The fourth-order valence-corrected chi connectivity index (χ4v) is 1.29. The van der Waals surface area contributed by atoms with Crippen molar-refractivity contribution in [2.75, 3.05) is 5.32 Å². The van der Waals surface area contributed by atoms with Gasteiger partial charge in [-0.1, -0.05) is 6.07 Å². The highest BCUT2D eigenvalue weighted by atomic mass is 19.2. The second kappa shape index (κ2) is 5.44. The first kappa shape index (κ1) is 12.4. The Labute approximate surface area is 92.1 Å². The van der Waals surface area contributed by atoms with Crippen LogP contribution >= 0.6 is 0 Å². The number of hydrogen-bond donors (Lipinski definition) is 2. The topological polar surface area (TPSA) is 49.3 Å². The average molecular weight is 229 g/mol. The van der Waals surface area contributed by atoms with E-state index in [0.717, 1.165) is 6.07 Å². The summed E-state index contributed by atoms with van der Waals surface area (Å²) in [4.78, 5) is 10.3. The van der Waals surface area contributed by atoms with Gasteiger partial charge in [0.15, 0.2) is 11.6 Å². The Hall–Kier alpha value is -1.65. The summed E-state index contributed by atoms with van der Waals surface area (Å²) in [7, 11) is 0. The number of aliphatic carboxylic acids is 1. The highest BCUT2D eigenvalue weighted by Gasteiger charge is 2.10.